The quantitative estimate of drug-likeness (QED) is 0.592. The number of aliphatic hydroxyl groups is 2. The molecule has 3 heterocycles. The maximum atomic E-state index is 14.4. The van der Waals surface area contributed by atoms with Crippen molar-refractivity contribution < 1.29 is 19.3 Å². The Kier molecular flexibility index (Phi) is 4.45. The predicted octanol–water partition coefficient (Wildman–Crippen LogP) is 1.14. The molecule has 8 nitrogen and oxygen atoms in total. The van der Waals surface area contributed by atoms with Crippen LogP contribution in [0.4, 0.5) is 15.9 Å². The van der Waals surface area contributed by atoms with Gasteiger partial charge in [-0.25, -0.2) is 19.3 Å². The molecule has 138 valence electrons. The van der Waals surface area contributed by atoms with E-state index in [1.807, 2.05) is 12.1 Å². The van der Waals surface area contributed by atoms with Crippen LogP contribution < -0.4 is 5.32 Å². The molecule has 1 aromatic carbocycles. The Morgan fingerprint density at radius 1 is 1.33 bits per heavy atom. The van der Waals surface area contributed by atoms with Crippen LogP contribution in [0, 0.1) is 12.3 Å². The lowest BCUT2D eigenvalue weighted by molar-refractivity contribution is -0.0459. The second-order valence-corrected chi connectivity index (χ2v) is 6.08. The minimum absolute atomic E-state index is 0.332. The Morgan fingerprint density at radius 3 is 2.93 bits per heavy atom. The van der Waals surface area contributed by atoms with Gasteiger partial charge < -0.3 is 20.3 Å². The number of aromatic nitrogens is 4. The Labute approximate surface area is 153 Å². The van der Waals surface area contributed by atoms with Gasteiger partial charge >= 0.3 is 0 Å². The highest BCUT2D eigenvalue weighted by atomic mass is 19.1. The first-order chi connectivity index (χ1) is 13.1. The number of nitrogens with zero attached hydrogens (tertiary/aromatic N) is 4. The molecule has 0 bridgehead atoms. The molecular formula is C18H16FN5O3. The van der Waals surface area contributed by atoms with Gasteiger partial charge in [-0.2, -0.15) is 0 Å². The van der Waals surface area contributed by atoms with Gasteiger partial charge in [-0.05, 0) is 18.2 Å². The van der Waals surface area contributed by atoms with E-state index in [2.05, 4.69) is 26.2 Å². The van der Waals surface area contributed by atoms with Crippen LogP contribution in [0.5, 0.6) is 0 Å². The number of terminal acetylenes is 1. The van der Waals surface area contributed by atoms with Crippen LogP contribution in [-0.4, -0.2) is 54.7 Å². The van der Waals surface area contributed by atoms with Crippen LogP contribution in [0.15, 0.2) is 36.9 Å². The first kappa shape index (κ1) is 17.4. The van der Waals surface area contributed by atoms with Gasteiger partial charge in [0.15, 0.2) is 29.4 Å². The third-order valence-corrected chi connectivity index (χ3v) is 4.40. The number of ether oxygens (including phenoxy) is 1. The van der Waals surface area contributed by atoms with Crippen molar-refractivity contribution in [3.8, 4) is 12.3 Å². The van der Waals surface area contributed by atoms with Gasteiger partial charge in [0.1, 0.15) is 18.5 Å². The van der Waals surface area contributed by atoms with E-state index in [-0.39, 0.29) is 0 Å². The molecule has 3 aromatic rings. The smallest absolute Gasteiger partial charge is 0.173 e. The predicted molar refractivity (Wildman–Crippen MR) is 94.9 cm³/mol. The number of hydrogen-bond donors (Lipinski definition) is 3. The van der Waals surface area contributed by atoms with Crippen LogP contribution in [0.2, 0.25) is 0 Å². The number of hydrogen-bond acceptors (Lipinski definition) is 7. The second-order valence-electron chi connectivity index (χ2n) is 6.08. The van der Waals surface area contributed by atoms with E-state index in [0.717, 1.165) is 5.69 Å². The van der Waals surface area contributed by atoms with Crippen molar-refractivity contribution in [2.75, 3.05) is 11.9 Å². The van der Waals surface area contributed by atoms with Gasteiger partial charge in [-0.1, -0.05) is 12.0 Å². The van der Waals surface area contributed by atoms with Gasteiger partial charge in [0.25, 0.3) is 0 Å². The van der Waals surface area contributed by atoms with Crippen molar-refractivity contribution in [3.63, 3.8) is 0 Å². The van der Waals surface area contributed by atoms with Crippen LogP contribution in [0.25, 0.3) is 11.2 Å². The van der Waals surface area contributed by atoms with Crippen LogP contribution in [0.1, 0.15) is 11.8 Å². The molecule has 9 heteroatoms. The lowest BCUT2D eigenvalue weighted by Gasteiger charge is -2.15. The summed E-state index contributed by atoms with van der Waals surface area (Å²) in [5.41, 5.74) is 2.16. The highest BCUT2D eigenvalue weighted by Crippen LogP contribution is 2.34. The van der Waals surface area contributed by atoms with Gasteiger partial charge in [0, 0.05) is 11.3 Å². The lowest BCUT2D eigenvalue weighted by Crippen LogP contribution is -2.30. The van der Waals surface area contributed by atoms with Crippen molar-refractivity contribution in [2.45, 2.75) is 24.6 Å². The molecule has 2 aromatic heterocycles. The number of anilines is 2. The summed E-state index contributed by atoms with van der Waals surface area (Å²) in [7, 11) is 0. The summed E-state index contributed by atoms with van der Waals surface area (Å²) in [6.45, 7) is -0.488. The molecule has 0 radical (unpaired) electrons. The van der Waals surface area contributed by atoms with Crippen molar-refractivity contribution >= 4 is 22.7 Å². The number of imidazole rings is 1. The van der Waals surface area contributed by atoms with E-state index < -0.39 is 31.2 Å². The third-order valence-electron chi connectivity index (χ3n) is 4.40. The highest BCUT2D eigenvalue weighted by Gasteiger charge is 2.45. The first-order valence-corrected chi connectivity index (χ1v) is 8.22. The first-order valence-electron chi connectivity index (χ1n) is 8.22. The molecular weight excluding hydrogens is 353 g/mol. The summed E-state index contributed by atoms with van der Waals surface area (Å²) < 4.78 is 21.2. The molecule has 27 heavy (non-hydrogen) atoms. The fourth-order valence-electron chi connectivity index (χ4n) is 3.03. The summed E-state index contributed by atoms with van der Waals surface area (Å²) in [4.78, 5) is 12.6. The van der Waals surface area contributed by atoms with Gasteiger partial charge in [0.2, 0.25) is 0 Å². The van der Waals surface area contributed by atoms with Crippen molar-refractivity contribution in [1.82, 2.24) is 19.5 Å². The normalized spacial score (nSPS) is 24.8. The topological polar surface area (TPSA) is 105 Å². The molecule has 1 saturated heterocycles. The van der Waals surface area contributed by atoms with E-state index in [0.29, 0.717) is 22.5 Å². The number of alkyl halides is 1. The van der Waals surface area contributed by atoms with Gasteiger partial charge in [-0.3, -0.25) is 4.57 Å². The number of fused-ring (bicyclic) bond motifs is 1. The summed E-state index contributed by atoms with van der Waals surface area (Å²) in [5, 5.41) is 22.2. The fraction of sp³-hybridized carbons (Fsp3) is 0.278. The molecule has 4 atom stereocenters. The summed E-state index contributed by atoms with van der Waals surface area (Å²) >= 11 is 0. The van der Waals surface area contributed by atoms with Crippen LogP contribution >= 0.6 is 0 Å². The van der Waals surface area contributed by atoms with Crippen LogP contribution in [-0.2, 0) is 4.74 Å². The van der Waals surface area contributed by atoms with E-state index in [9.17, 15) is 14.6 Å². The number of rotatable bonds is 4. The Morgan fingerprint density at radius 2 is 2.19 bits per heavy atom. The Balaban J connectivity index is 1.69. The standard InChI is InChI=1S/C18H16FN5O3/c1-2-10-4-3-5-11(6-10)23-16-14-17(21-8-20-16)24(9-22-14)18-13(19)15(26)12(7-25)27-18/h1,3-6,8-9,12-13,15,18,25-26H,7H2,(H,20,21,23)/t12-,13+,15-,18-/m1/s1. The number of benzene rings is 1. The summed E-state index contributed by atoms with van der Waals surface area (Å²) in [6, 6.07) is 7.22. The van der Waals surface area contributed by atoms with E-state index in [4.69, 9.17) is 11.2 Å². The number of halogens is 1. The third kappa shape index (κ3) is 3.00. The van der Waals surface area contributed by atoms with Gasteiger partial charge in [-0.15, -0.1) is 6.42 Å². The molecule has 1 aliphatic rings. The zero-order valence-electron chi connectivity index (χ0n) is 14.0. The average molecular weight is 369 g/mol. The van der Waals surface area contributed by atoms with Crippen molar-refractivity contribution in [3.05, 3.63) is 42.5 Å². The Bertz CT molecular complexity index is 1020. The Hall–Kier alpha value is -3.06. The van der Waals surface area contributed by atoms with Crippen LogP contribution in [0.3, 0.4) is 0 Å². The molecule has 3 N–H and O–H groups in total. The lowest BCUT2D eigenvalue weighted by atomic mass is 10.1. The fourth-order valence-corrected chi connectivity index (χ4v) is 3.03. The van der Waals surface area contributed by atoms with Gasteiger partial charge in [0.05, 0.1) is 12.9 Å². The molecule has 0 aliphatic carbocycles. The maximum absolute atomic E-state index is 14.4. The average Bonchev–Trinajstić information content (AvgIpc) is 3.24. The number of aliphatic hydroxyl groups excluding tert-OH is 2. The van der Waals surface area contributed by atoms with Crippen molar-refractivity contribution in [1.29, 1.82) is 0 Å². The molecule has 4 rings (SSSR count). The molecule has 0 amide bonds. The molecule has 0 unspecified atom stereocenters. The molecule has 0 saturated carbocycles. The maximum Gasteiger partial charge on any atom is 0.173 e. The minimum Gasteiger partial charge on any atom is -0.394 e. The summed E-state index contributed by atoms with van der Waals surface area (Å²) in [5.74, 6) is 2.97. The van der Waals surface area contributed by atoms with E-state index in [1.165, 1.54) is 17.2 Å². The van der Waals surface area contributed by atoms with E-state index >= 15 is 0 Å². The molecule has 1 aliphatic heterocycles. The number of nitrogens with one attached hydrogen (secondary N) is 1. The molecule has 1 fully saturated rings. The SMILES string of the molecule is C#Cc1cccc(Nc2ncnc3c2ncn3[C@@H]2O[C@H](CO)[C@@H](O)[C@@H]2F)c1. The zero-order valence-corrected chi connectivity index (χ0v) is 14.0. The monoisotopic (exact) mass is 369 g/mol. The largest absolute Gasteiger partial charge is 0.394 e. The minimum atomic E-state index is -1.72. The second kappa shape index (κ2) is 6.92. The van der Waals surface area contributed by atoms with E-state index in [1.54, 1.807) is 12.1 Å². The zero-order chi connectivity index (χ0) is 19.0. The highest BCUT2D eigenvalue weighted by molar-refractivity contribution is 5.85. The summed E-state index contributed by atoms with van der Waals surface area (Å²) in [6.07, 6.45) is 2.80. The van der Waals surface area contributed by atoms with Crippen molar-refractivity contribution in [2.24, 2.45) is 0 Å². The molecule has 0 spiro atoms.